The molecule has 0 atom stereocenters. The SMILES string of the molecule is C=CCOc1ccccc1CCNC(=O)C=Cc1c[nH]c2c(OC)cccc12. The Morgan fingerprint density at radius 3 is 2.82 bits per heavy atom. The van der Waals surface area contributed by atoms with E-state index in [0.717, 1.165) is 33.5 Å². The van der Waals surface area contributed by atoms with Crippen molar-refractivity contribution in [2.45, 2.75) is 6.42 Å². The summed E-state index contributed by atoms with van der Waals surface area (Å²) >= 11 is 0. The predicted molar refractivity (Wildman–Crippen MR) is 113 cm³/mol. The molecule has 0 unspecified atom stereocenters. The molecule has 1 amide bonds. The monoisotopic (exact) mass is 376 g/mol. The fourth-order valence-electron chi connectivity index (χ4n) is 3.00. The Hall–Kier alpha value is -3.47. The summed E-state index contributed by atoms with van der Waals surface area (Å²) < 4.78 is 11.0. The molecular formula is C23H24N2O3. The average Bonchev–Trinajstić information content (AvgIpc) is 3.14. The second-order valence-corrected chi connectivity index (χ2v) is 6.21. The van der Waals surface area contributed by atoms with E-state index in [2.05, 4.69) is 16.9 Å². The van der Waals surface area contributed by atoms with Crippen molar-refractivity contribution in [2.75, 3.05) is 20.3 Å². The standard InChI is InChI=1S/C23H24N2O3/c1-3-15-28-20-9-5-4-7-17(20)13-14-24-22(26)12-11-18-16-25-23-19(18)8-6-10-21(23)27-2/h3-12,16,25H,1,13-15H2,2H3,(H,24,26). The molecule has 0 saturated carbocycles. The Morgan fingerprint density at radius 2 is 2.00 bits per heavy atom. The zero-order chi connectivity index (χ0) is 19.8. The van der Waals surface area contributed by atoms with Gasteiger partial charge in [0, 0.05) is 29.8 Å². The predicted octanol–water partition coefficient (Wildman–Crippen LogP) is 4.11. The van der Waals surface area contributed by atoms with E-state index in [1.165, 1.54) is 0 Å². The summed E-state index contributed by atoms with van der Waals surface area (Å²) in [7, 11) is 1.64. The van der Waals surface area contributed by atoms with Crippen LogP contribution in [0.1, 0.15) is 11.1 Å². The average molecular weight is 376 g/mol. The van der Waals surface area contributed by atoms with E-state index in [1.807, 2.05) is 48.7 Å². The molecule has 5 nitrogen and oxygen atoms in total. The largest absolute Gasteiger partial charge is 0.495 e. The number of amides is 1. The quantitative estimate of drug-likeness (QED) is 0.436. The molecule has 0 spiro atoms. The molecule has 144 valence electrons. The van der Waals surface area contributed by atoms with Gasteiger partial charge in [0.1, 0.15) is 18.1 Å². The first-order valence-electron chi connectivity index (χ1n) is 9.14. The first-order chi connectivity index (χ1) is 13.7. The molecule has 0 saturated heterocycles. The van der Waals surface area contributed by atoms with Crippen LogP contribution >= 0.6 is 0 Å². The minimum atomic E-state index is -0.137. The number of benzene rings is 2. The maximum Gasteiger partial charge on any atom is 0.244 e. The summed E-state index contributed by atoms with van der Waals surface area (Å²) in [5.74, 6) is 1.46. The highest BCUT2D eigenvalue weighted by Crippen LogP contribution is 2.27. The van der Waals surface area contributed by atoms with Crippen LogP contribution in [0, 0.1) is 0 Å². The number of methoxy groups -OCH3 is 1. The molecule has 0 aliphatic rings. The van der Waals surface area contributed by atoms with Gasteiger partial charge in [-0.2, -0.15) is 0 Å². The van der Waals surface area contributed by atoms with Gasteiger partial charge in [0.25, 0.3) is 0 Å². The number of nitrogens with one attached hydrogen (secondary N) is 2. The lowest BCUT2D eigenvalue weighted by Crippen LogP contribution is -2.23. The highest BCUT2D eigenvalue weighted by atomic mass is 16.5. The van der Waals surface area contributed by atoms with Crippen LogP contribution in [0.4, 0.5) is 0 Å². The lowest BCUT2D eigenvalue weighted by atomic mass is 10.1. The zero-order valence-corrected chi connectivity index (χ0v) is 15.9. The van der Waals surface area contributed by atoms with Crippen molar-refractivity contribution >= 4 is 22.9 Å². The van der Waals surface area contributed by atoms with Gasteiger partial charge in [-0.15, -0.1) is 0 Å². The van der Waals surface area contributed by atoms with Crippen molar-refractivity contribution in [1.82, 2.24) is 10.3 Å². The Bertz CT molecular complexity index is 988. The van der Waals surface area contributed by atoms with E-state index in [9.17, 15) is 4.79 Å². The van der Waals surface area contributed by atoms with Crippen LogP contribution in [0.5, 0.6) is 11.5 Å². The molecule has 0 aliphatic carbocycles. The minimum absolute atomic E-state index is 0.137. The van der Waals surface area contributed by atoms with Gasteiger partial charge in [-0.1, -0.05) is 43.0 Å². The van der Waals surface area contributed by atoms with Crippen LogP contribution in [-0.2, 0) is 11.2 Å². The van der Waals surface area contributed by atoms with E-state index >= 15 is 0 Å². The maximum absolute atomic E-state index is 12.2. The fourth-order valence-corrected chi connectivity index (χ4v) is 3.00. The molecule has 0 fully saturated rings. The molecule has 2 N–H and O–H groups in total. The second kappa shape index (κ2) is 9.46. The van der Waals surface area contributed by atoms with Gasteiger partial charge in [-0.05, 0) is 30.2 Å². The minimum Gasteiger partial charge on any atom is -0.495 e. The number of H-pyrrole nitrogens is 1. The van der Waals surface area contributed by atoms with Crippen molar-refractivity contribution in [3.8, 4) is 11.5 Å². The van der Waals surface area contributed by atoms with Gasteiger partial charge in [-0.3, -0.25) is 4.79 Å². The second-order valence-electron chi connectivity index (χ2n) is 6.21. The molecule has 0 bridgehead atoms. The van der Waals surface area contributed by atoms with E-state index in [0.29, 0.717) is 19.6 Å². The van der Waals surface area contributed by atoms with Crippen molar-refractivity contribution < 1.29 is 14.3 Å². The smallest absolute Gasteiger partial charge is 0.244 e. The van der Waals surface area contributed by atoms with Gasteiger partial charge in [0.05, 0.1) is 12.6 Å². The molecule has 0 aliphatic heterocycles. The van der Waals surface area contributed by atoms with Crippen molar-refractivity contribution in [1.29, 1.82) is 0 Å². The first kappa shape index (κ1) is 19.3. The highest BCUT2D eigenvalue weighted by molar-refractivity contribution is 5.97. The van der Waals surface area contributed by atoms with Gasteiger partial charge >= 0.3 is 0 Å². The fraction of sp³-hybridized carbons (Fsp3) is 0.174. The molecule has 3 aromatic rings. The first-order valence-corrected chi connectivity index (χ1v) is 9.14. The number of aromatic nitrogens is 1. The maximum atomic E-state index is 12.2. The van der Waals surface area contributed by atoms with E-state index < -0.39 is 0 Å². The van der Waals surface area contributed by atoms with E-state index in [4.69, 9.17) is 9.47 Å². The number of rotatable bonds is 9. The normalized spacial score (nSPS) is 10.9. The van der Waals surface area contributed by atoms with Crippen molar-refractivity contribution in [3.63, 3.8) is 0 Å². The number of ether oxygens (including phenoxy) is 2. The Balaban J connectivity index is 1.57. The number of carbonyl (C=O) groups is 1. The van der Waals surface area contributed by atoms with Crippen LogP contribution in [0.2, 0.25) is 0 Å². The number of hydrogen-bond acceptors (Lipinski definition) is 3. The Labute approximate surface area is 164 Å². The van der Waals surface area contributed by atoms with Gasteiger partial charge in [0.15, 0.2) is 0 Å². The van der Waals surface area contributed by atoms with Crippen LogP contribution < -0.4 is 14.8 Å². The number of hydrogen-bond donors (Lipinski definition) is 2. The number of para-hydroxylation sites is 2. The number of fused-ring (bicyclic) bond motifs is 1. The molecular weight excluding hydrogens is 352 g/mol. The zero-order valence-electron chi connectivity index (χ0n) is 15.9. The third-order valence-corrected chi connectivity index (χ3v) is 4.37. The summed E-state index contributed by atoms with van der Waals surface area (Å²) in [6.07, 6.45) is 7.61. The van der Waals surface area contributed by atoms with E-state index in [1.54, 1.807) is 25.3 Å². The van der Waals surface area contributed by atoms with Gasteiger partial charge < -0.3 is 19.8 Å². The molecule has 5 heteroatoms. The molecule has 1 heterocycles. The molecule has 1 aromatic heterocycles. The molecule has 2 aromatic carbocycles. The molecule has 0 radical (unpaired) electrons. The van der Waals surface area contributed by atoms with Crippen molar-refractivity contribution in [3.05, 3.63) is 78.5 Å². The highest BCUT2D eigenvalue weighted by Gasteiger charge is 2.06. The summed E-state index contributed by atoms with van der Waals surface area (Å²) in [5.41, 5.74) is 2.91. The summed E-state index contributed by atoms with van der Waals surface area (Å²) in [6.45, 7) is 4.65. The Kier molecular flexibility index (Phi) is 6.52. The van der Waals surface area contributed by atoms with Gasteiger partial charge in [-0.25, -0.2) is 0 Å². The third kappa shape index (κ3) is 4.62. The summed E-state index contributed by atoms with van der Waals surface area (Å²) in [4.78, 5) is 15.4. The number of aromatic amines is 1. The number of carbonyl (C=O) groups excluding carboxylic acids is 1. The molecule has 28 heavy (non-hydrogen) atoms. The topological polar surface area (TPSA) is 63.3 Å². The third-order valence-electron chi connectivity index (χ3n) is 4.37. The van der Waals surface area contributed by atoms with Crippen LogP contribution in [0.3, 0.4) is 0 Å². The van der Waals surface area contributed by atoms with Crippen LogP contribution in [0.25, 0.3) is 17.0 Å². The lowest BCUT2D eigenvalue weighted by Gasteiger charge is -2.10. The van der Waals surface area contributed by atoms with E-state index in [-0.39, 0.29) is 5.91 Å². The van der Waals surface area contributed by atoms with Gasteiger partial charge in [0.2, 0.25) is 5.91 Å². The lowest BCUT2D eigenvalue weighted by molar-refractivity contribution is -0.116. The van der Waals surface area contributed by atoms with Crippen LogP contribution in [-0.4, -0.2) is 31.2 Å². The Morgan fingerprint density at radius 1 is 1.18 bits per heavy atom. The summed E-state index contributed by atoms with van der Waals surface area (Å²) in [5, 5.41) is 3.92. The summed E-state index contributed by atoms with van der Waals surface area (Å²) in [6, 6.07) is 13.6. The van der Waals surface area contributed by atoms with Crippen LogP contribution in [0.15, 0.2) is 67.4 Å². The molecule has 3 rings (SSSR count). The van der Waals surface area contributed by atoms with Crippen molar-refractivity contribution in [2.24, 2.45) is 0 Å².